The third-order valence-electron chi connectivity index (χ3n) is 5.49. The van der Waals surface area contributed by atoms with E-state index in [4.69, 9.17) is 0 Å². The Labute approximate surface area is 218 Å². The zero-order valence-electron chi connectivity index (χ0n) is 19.0. The number of unbranched alkanes of at least 4 members (excludes halogenated alkanes) is 11. The topological polar surface area (TPSA) is 77.4 Å². The van der Waals surface area contributed by atoms with Crippen LogP contribution in [0, 0.1) is 0 Å². The quantitative estimate of drug-likeness (QED) is 0.177. The molecule has 0 aromatic heterocycles. The van der Waals surface area contributed by atoms with E-state index in [1.165, 1.54) is 38.5 Å². The molecule has 2 unspecified atom stereocenters. The maximum atomic E-state index is 11.3. The monoisotopic (exact) mass is 444 g/mol. The van der Waals surface area contributed by atoms with Crippen LogP contribution in [0.15, 0.2) is 0 Å². The van der Waals surface area contributed by atoms with E-state index < -0.39 is 15.4 Å². The number of aliphatic hydroxyl groups is 1. The Morgan fingerprint density at radius 3 is 1.39 bits per heavy atom. The molecule has 0 spiro atoms. The van der Waals surface area contributed by atoms with Gasteiger partial charge < -0.3 is 9.66 Å². The van der Waals surface area contributed by atoms with Gasteiger partial charge in [-0.2, -0.15) is 0 Å². The Kier molecular flexibility index (Phi) is 24.6. The van der Waals surface area contributed by atoms with Crippen LogP contribution < -0.4 is 51.4 Å². The van der Waals surface area contributed by atoms with Gasteiger partial charge in [-0.05, 0) is 25.7 Å². The minimum absolute atomic E-state index is 0. The fourth-order valence-corrected chi connectivity index (χ4v) is 4.53. The maximum absolute atomic E-state index is 11.3. The van der Waals surface area contributed by atoms with Crippen molar-refractivity contribution in [2.24, 2.45) is 0 Å². The number of hydrogen-bond acceptors (Lipinski definition) is 4. The molecular formula is C22H45KO4S. The van der Waals surface area contributed by atoms with Gasteiger partial charge in [0.25, 0.3) is 0 Å². The van der Waals surface area contributed by atoms with E-state index in [0.717, 1.165) is 64.2 Å². The van der Waals surface area contributed by atoms with Crippen molar-refractivity contribution < 1.29 is 69.5 Å². The van der Waals surface area contributed by atoms with Crippen molar-refractivity contribution in [3.8, 4) is 0 Å². The molecular weight excluding hydrogens is 399 g/mol. The normalized spacial score (nSPS) is 13.9. The average Bonchev–Trinajstić information content (AvgIpc) is 2.62. The zero-order valence-corrected chi connectivity index (χ0v) is 22.9. The molecule has 0 aliphatic carbocycles. The van der Waals surface area contributed by atoms with Gasteiger partial charge in [0.2, 0.25) is 0 Å². The molecule has 0 aromatic rings. The molecule has 1 N–H and O–H groups in total. The summed E-state index contributed by atoms with van der Waals surface area (Å²) in [5.74, 6) is 0. The van der Waals surface area contributed by atoms with Crippen molar-refractivity contribution in [3.63, 3.8) is 0 Å². The summed E-state index contributed by atoms with van der Waals surface area (Å²) in [5.41, 5.74) is 0. The third kappa shape index (κ3) is 20.8. The molecule has 0 saturated carbocycles. The smallest absolute Gasteiger partial charge is 0.748 e. The van der Waals surface area contributed by atoms with Crippen molar-refractivity contribution in [1.29, 1.82) is 0 Å². The van der Waals surface area contributed by atoms with Gasteiger partial charge in [0.1, 0.15) is 0 Å². The summed E-state index contributed by atoms with van der Waals surface area (Å²) in [6, 6.07) is 0. The van der Waals surface area contributed by atoms with Gasteiger partial charge >= 0.3 is 51.4 Å². The molecule has 0 aliphatic heterocycles. The summed E-state index contributed by atoms with van der Waals surface area (Å²) < 4.78 is 33.8. The molecule has 0 bridgehead atoms. The van der Waals surface area contributed by atoms with Gasteiger partial charge in [0, 0.05) is 5.25 Å². The molecule has 2 atom stereocenters. The van der Waals surface area contributed by atoms with Crippen molar-refractivity contribution in [2.75, 3.05) is 0 Å². The summed E-state index contributed by atoms with van der Waals surface area (Å²) in [5, 5.41) is 9.13. The van der Waals surface area contributed by atoms with Gasteiger partial charge in [0.15, 0.2) is 0 Å². The predicted octanol–water partition coefficient (Wildman–Crippen LogP) is 3.33. The Balaban J connectivity index is 0. The van der Waals surface area contributed by atoms with Crippen molar-refractivity contribution in [3.05, 3.63) is 0 Å². The first-order chi connectivity index (χ1) is 12.9. The van der Waals surface area contributed by atoms with Gasteiger partial charge in [-0.3, -0.25) is 0 Å². The molecule has 164 valence electrons. The van der Waals surface area contributed by atoms with E-state index in [0.29, 0.717) is 12.8 Å². The Morgan fingerprint density at radius 2 is 0.964 bits per heavy atom. The van der Waals surface area contributed by atoms with Gasteiger partial charge in [-0.1, -0.05) is 104 Å². The van der Waals surface area contributed by atoms with E-state index in [1.54, 1.807) is 0 Å². The molecule has 0 saturated heterocycles. The first-order valence-electron chi connectivity index (χ1n) is 11.5. The molecule has 6 heteroatoms. The molecule has 0 amide bonds. The van der Waals surface area contributed by atoms with E-state index in [9.17, 15) is 18.1 Å². The van der Waals surface area contributed by atoms with Crippen LogP contribution in [0.5, 0.6) is 0 Å². The van der Waals surface area contributed by atoms with Crippen LogP contribution in [-0.2, 0) is 10.1 Å². The largest absolute Gasteiger partial charge is 1.00 e. The van der Waals surface area contributed by atoms with E-state index in [-0.39, 0.29) is 57.5 Å². The second-order valence-electron chi connectivity index (χ2n) is 8.17. The van der Waals surface area contributed by atoms with Crippen molar-refractivity contribution in [1.82, 2.24) is 0 Å². The second-order valence-corrected chi connectivity index (χ2v) is 9.82. The number of hydrogen-bond donors (Lipinski definition) is 1. The summed E-state index contributed by atoms with van der Waals surface area (Å²) in [6.07, 6.45) is 18.6. The zero-order chi connectivity index (χ0) is 20.4. The molecule has 0 radical (unpaired) electrons. The Bertz CT molecular complexity index is 415. The summed E-state index contributed by atoms with van der Waals surface area (Å²) in [6.45, 7) is 4.18. The van der Waals surface area contributed by atoms with E-state index in [2.05, 4.69) is 6.92 Å². The van der Waals surface area contributed by atoms with Crippen LogP contribution in [0.2, 0.25) is 0 Å². The van der Waals surface area contributed by atoms with Crippen LogP contribution in [0.1, 0.15) is 129 Å². The minimum Gasteiger partial charge on any atom is -0.748 e. The standard InChI is InChI=1S/C22H46O4S.K/c1-3-5-17-21(23)18-15-13-11-9-7-8-10-12-14-16-20-22(19-6-4-2)27(24,25)26;/h21-23H,3-20H2,1-2H3,(H,24,25,26);/q;+1/p-1. The molecule has 0 fully saturated rings. The van der Waals surface area contributed by atoms with Crippen molar-refractivity contribution in [2.45, 2.75) is 141 Å². The van der Waals surface area contributed by atoms with Crippen LogP contribution in [0.4, 0.5) is 0 Å². The van der Waals surface area contributed by atoms with Gasteiger partial charge in [-0.25, -0.2) is 8.42 Å². The van der Waals surface area contributed by atoms with E-state index in [1.807, 2.05) is 6.92 Å². The Hall–Kier alpha value is 1.51. The van der Waals surface area contributed by atoms with Crippen molar-refractivity contribution >= 4 is 10.1 Å². The number of rotatable bonds is 20. The van der Waals surface area contributed by atoms with Crippen LogP contribution in [0.3, 0.4) is 0 Å². The fraction of sp³-hybridized carbons (Fsp3) is 1.00. The summed E-state index contributed by atoms with van der Waals surface area (Å²) >= 11 is 0. The van der Waals surface area contributed by atoms with Crippen LogP contribution in [-0.4, -0.2) is 29.4 Å². The maximum Gasteiger partial charge on any atom is 1.00 e. The Morgan fingerprint density at radius 1 is 0.643 bits per heavy atom. The first kappa shape index (κ1) is 31.7. The first-order valence-corrected chi connectivity index (χ1v) is 13.0. The number of aliphatic hydroxyl groups excluding tert-OH is 1. The predicted molar refractivity (Wildman–Crippen MR) is 114 cm³/mol. The van der Waals surface area contributed by atoms with Crippen LogP contribution in [0.25, 0.3) is 0 Å². The van der Waals surface area contributed by atoms with E-state index >= 15 is 0 Å². The fourth-order valence-electron chi connectivity index (χ4n) is 3.62. The SMILES string of the molecule is CCCCC(O)CCCCCCCCCCCCC(CCCC)S(=O)(=O)[O-].[K+]. The molecule has 0 aliphatic rings. The van der Waals surface area contributed by atoms with Crippen LogP contribution >= 0.6 is 0 Å². The summed E-state index contributed by atoms with van der Waals surface area (Å²) in [7, 11) is -4.13. The molecule has 0 rings (SSSR count). The van der Waals surface area contributed by atoms with Gasteiger partial charge in [-0.15, -0.1) is 0 Å². The summed E-state index contributed by atoms with van der Waals surface area (Å²) in [4.78, 5) is 0. The second kappa shape index (κ2) is 21.7. The molecule has 4 nitrogen and oxygen atoms in total. The molecule has 28 heavy (non-hydrogen) atoms. The molecule has 0 heterocycles. The minimum atomic E-state index is -4.13. The average molecular weight is 445 g/mol. The molecule has 0 aromatic carbocycles. The van der Waals surface area contributed by atoms with Gasteiger partial charge in [0.05, 0.1) is 16.2 Å². The third-order valence-corrected chi connectivity index (χ3v) is 6.78.